The van der Waals surface area contributed by atoms with Crippen LogP contribution in [0.3, 0.4) is 0 Å². The Morgan fingerprint density at radius 1 is 1.15 bits per heavy atom. The summed E-state index contributed by atoms with van der Waals surface area (Å²) in [7, 11) is 1.38. The fourth-order valence-corrected chi connectivity index (χ4v) is 3.15. The van der Waals surface area contributed by atoms with Crippen LogP contribution in [0.1, 0.15) is 22.7 Å². The average Bonchev–Trinajstić information content (AvgIpc) is 2.93. The van der Waals surface area contributed by atoms with E-state index in [2.05, 4.69) is 5.32 Å². The zero-order chi connectivity index (χ0) is 18.7. The lowest BCUT2D eigenvalue weighted by Gasteiger charge is -2.19. The molecule has 26 heavy (non-hydrogen) atoms. The van der Waals surface area contributed by atoms with E-state index in [0.717, 1.165) is 16.7 Å². The Balaban J connectivity index is 1.67. The second kappa shape index (κ2) is 7.55. The summed E-state index contributed by atoms with van der Waals surface area (Å²) >= 11 is 0. The summed E-state index contributed by atoms with van der Waals surface area (Å²) in [5.74, 6) is 0.278. The summed E-state index contributed by atoms with van der Waals surface area (Å²) in [6, 6.07) is 12.4. The van der Waals surface area contributed by atoms with Gasteiger partial charge in [-0.15, -0.1) is 0 Å². The zero-order valence-corrected chi connectivity index (χ0v) is 14.2. The number of methoxy groups -OCH3 is 1. The first-order valence-corrected chi connectivity index (χ1v) is 8.23. The molecule has 1 aliphatic carbocycles. The molecule has 0 saturated carbocycles. The van der Waals surface area contributed by atoms with Crippen LogP contribution in [0.25, 0.3) is 0 Å². The Hall–Kier alpha value is -2.25. The highest BCUT2D eigenvalue weighted by Gasteiger charge is 2.30. The quantitative estimate of drug-likeness (QED) is 0.822. The Kier molecular flexibility index (Phi) is 5.38. The molecule has 7 heteroatoms. The number of aliphatic hydroxyl groups is 1. The van der Waals surface area contributed by atoms with E-state index in [1.165, 1.54) is 13.2 Å². The number of aliphatic hydroxyl groups excluding tert-OH is 1. The molecule has 0 spiro atoms. The average molecular weight is 367 g/mol. The summed E-state index contributed by atoms with van der Waals surface area (Å²) in [6.07, 6.45) is -4.32. The van der Waals surface area contributed by atoms with Crippen molar-refractivity contribution in [1.82, 2.24) is 5.32 Å². The Morgan fingerprint density at radius 3 is 2.65 bits per heavy atom. The molecule has 0 unspecified atom stereocenters. The maximum Gasteiger partial charge on any atom is 0.422 e. The summed E-state index contributed by atoms with van der Waals surface area (Å²) < 4.78 is 46.8. The predicted molar refractivity (Wildman–Crippen MR) is 90.3 cm³/mol. The second-order valence-electron chi connectivity index (χ2n) is 6.22. The fraction of sp³-hybridized carbons (Fsp3) is 0.368. The third-order valence-corrected chi connectivity index (χ3v) is 4.35. The molecule has 0 heterocycles. The molecule has 0 radical (unpaired) electrons. The number of hydrogen-bond acceptors (Lipinski definition) is 4. The van der Waals surface area contributed by atoms with Crippen LogP contribution in [0.2, 0.25) is 0 Å². The van der Waals surface area contributed by atoms with Gasteiger partial charge >= 0.3 is 6.18 Å². The van der Waals surface area contributed by atoms with Crippen LogP contribution < -0.4 is 14.8 Å². The van der Waals surface area contributed by atoms with Crippen LogP contribution in [-0.4, -0.2) is 31.1 Å². The third-order valence-electron chi connectivity index (χ3n) is 4.35. The van der Waals surface area contributed by atoms with Crippen molar-refractivity contribution in [3.8, 4) is 11.5 Å². The first-order valence-electron chi connectivity index (χ1n) is 8.23. The molecule has 0 bridgehead atoms. The summed E-state index contributed by atoms with van der Waals surface area (Å²) in [5, 5.41) is 13.6. The van der Waals surface area contributed by atoms with Gasteiger partial charge < -0.3 is 19.9 Å². The number of halogens is 3. The SMILES string of the molecule is COc1cc(CN[C@@H]2c3ccccc3C[C@@H]2O)ccc1OCC(F)(F)F. The molecule has 2 atom stereocenters. The van der Waals surface area contributed by atoms with Crippen molar-refractivity contribution < 1.29 is 27.8 Å². The topological polar surface area (TPSA) is 50.7 Å². The number of ether oxygens (including phenoxy) is 2. The maximum absolute atomic E-state index is 12.3. The van der Waals surface area contributed by atoms with E-state index in [9.17, 15) is 18.3 Å². The van der Waals surface area contributed by atoms with Gasteiger partial charge in [0.25, 0.3) is 0 Å². The van der Waals surface area contributed by atoms with Crippen molar-refractivity contribution >= 4 is 0 Å². The standard InChI is InChI=1S/C19H20F3NO3/c1-25-17-8-12(6-7-16(17)26-11-19(20,21)22)10-23-18-14-5-3-2-4-13(14)9-15(18)24/h2-8,15,18,23-24H,9-11H2,1H3/t15-,18+/m0/s1. The van der Waals surface area contributed by atoms with Gasteiger partial charge in [-0.05, 0) is 28.8 Å². The molecule has 2 aromatic carbocycles. The highest BCUT2D eigenvalue weighted by molar-refractivity contribution is 5.43. The fourth-order valence-electron chi connectivity index (χ4n) is 3.15. The molecule has 0 fully saturated rings. The van der Waals surface area contributed by atoms with Gasteiger partial charge in [0.05, 0.1) is 19.3 Å². The van der Waals surface area contributed by atoms with Crippen molar-refractivity contribution in [2.75, 3.05) is 13.7 Å². The van der Waals surface area contributed by atoms with E-state index in [4.69, 9.17) is 9.47 Å². The second-order valence-corrected chi connectivity index (χ2v) is 6.22. The van der Waals surface area contributed by atoms with E-state index >= 15 is 0 Å². The third kappa shape index (κ3) is 4.28. The molecule has 4 nitrogen and oxygen atoms in total. The van der Waals surface area contributed by atoms with E-state index in [0.29, 0.717) is 13.0 Å². The number of benzene rings is 2. The first-order chi connectivity index (χ1) is 12.4. The Labute approximate surface area is 149 Å². The number of nitrogens with one attached hydrogen (secondary N) is 1. The smallest absolute Gasteiger partial charge is 0.422 e. The Morgan fingerprint density at radius 2 is 1.92 bits per heavy atom. The largest absolute Gasteiger partial charge is 0.493 e. The van der Waals surface area contributed by atoms with Crippen molar-refractivity contribution in [1.29, 1.82) is 0 Å². The summed E-state index contributed by atoms with van der Waals surface area (Å²) in [4.78, 5) is 0. The molecule has 2 aromatic rings. The van der Waals surface area contributed by atoms with Crippen molar-refractivity contribution in [3.63, 3.8) is 0 Å². The summed E-state index contributed by atoms with van der Waals surface area (Å²) in [5.41, 5.74) is 3.00. The number of alkyl halides is 3. The van der Waals surface area contributed by atoms with E-state index in [1.807, 2.05) is 24.3 Å². The van der Waals surface area contributed by atoms with Crippen molar-refractivity contribution in [2.45, 2.75) is 31.3 Å². The van der Waals surface area contributed by atoms with Crippen LogP contribution in [-0.2, 0) is 13.0 Å². The van der Waals surface area contributed by atoms with Crippen molar-refractivity contribution in [3.05, 3.63) is 59.2 Å². The van der Waals surface area contributed by atoms with Crippen LogP contribution in [0.5, 0.6) is 11.5 Å². The lowest BCUT2D eigenvalue weighted by Crippen LogP contribution is -2.28. The molecule has 0 aliphatic heterocycles. The predicted octanol–water partition coefficient (Wildman–Crippen LogP) is 3.38. The first kappa shape index (κ1) is 18.5. The minimum atomic E-state index is -4.41. The summed E-state index contributed by atoms with van der Waals surface area (Å²) in [6.45, 7) is -0.933. The molecule has 3 rings (SSSR count). The lowest BCUT2D eigenvalue weighted by molar-refractivity contribution is -0.153. The van der Waals surface area contributed by atoms with Crippen LogP contribution >= 0.6 is 0 Å². The zero-order valence-electron chi connectivity index (χ0n) is 14.2. The van der Waals surface area contributed by atoms with Gasteiger partial charge in [-0.3, -0.25) is 0 Å². The van der Waals surface area contributed by atoms with Gasteiger partial charge in [0.2, 0.25) is 0 Å². The minimum Gasteiger partial charge on any atom is -0.493 e. The molecular formula is C19H20F3NO3. The van der Waals surface area contributed by atoms with Gasteiger partial charge in [0.1, 0.15) is 0 Å². The molecule has 0 amide bonds. The van der Waals surface area contributed by atoms with Gasteiger partial charge in [0, 0.05) is 13.0 Å². The molecule has 1 aliphatic rings. The van der Waals surface area contributed by atoms with E-state index in [-0.39, 0.29) is 17.5 Å². The van der Waals surface area contributed by atoms with Crippen LogP contribution in [0.4, 0.5) is 13.2 Å². The normalized spacial score (nSPS) is 19.3. The Bertz CT molecular complexity index is 764. The van der Waals surface area contributed by atoms with Crippen LogP contribution in [0.15, 0.2) is 42.5 Å². The lowest BCUT2D eigenvalue weighted by atomic mass is 10.1. The van der Waals surface area contributed by atoms with Gasteiger partial charge in [0.15, 0.2) is 18.1 Å². The number of hydrogen-bond donors (Lipinski definition) is 2. The number of fused-ring (bicyclic) bond motifs is 1. The van der Waals surface area contributed by atoms with Crippen molar-refractivity contribution in [2.24, 2.45) is 0 Å². The van der Waals surface area contributed by atoms with Crippen LogP contribution in [0, 0.1) is 0 Å². The van der Waals surface area contributed by atoms with Gasteiger partial charge in [-0.2, -0.15) is 13.2 Å². The molecule has 2 N–H and O–H groups in total. The molecule has 0 saturated heterocycles. The number of rotatable bonds is 6. The molecule has 140 valence electrons. The monoisotopic (exact) mass is 367 g/mol. The van der Waals surface area contributed by atoms with Gasteiger partial charge in [-0.25, -0.2) is 0 Å². The highest BCUT2D eigenvalue weighted by atomic mass is 19.4. The van der Waals surface area contributed by atoms with E-state index in [1.54, 1.807) is 12.1 Å². The van der Waals surface area contributed by atoms with E-state index < -0.39 is 18.9 Å². The maximum atomic E-state index is 12.3. The molecular weight excluding hydrogens is 347 g/mol. The minimum absolute atomic E-state index is 0.0415. The molecule has 0 aromatic heterocycles. The van der Waals surface area contributed by atoms with Gasteiger partial charge in [-0.1, -0.05) is 30.3 Å². The highest BCUT2D eigenvalue weighted by Crippen LogP contribution is 2.33.